The zero-order valence-corrected chi connectivity index (χ0v) is 11.3. The molecule has 0 bridgehead atoms. The Balaban J connectivity index is 2.10. The molecule has 2 aromatic heterocycles. The van der Waals surface area contributed by atoms with Crippen LogP contribution in [0, 0.1) is 0 Å². The maximum Gasteiger partial charge on any atom is 0.0795 e. The fraction of sp³-hybridized carbons (Fsp3) is 0.273. The van der Waals surface area contributed by atoms with Crippen molar-refractivity contribution >= 4 is 27.3 Å². The predicted molar refractivity (Wildman–Crippen MR) is 69.6 cm³/mol. The van der Waals surface area contributed by atoms with Crippen LogP contribution in [0.3, 0.4) is 0 Å². The molecule has 0 saturated heterocycles. The molecule has 0 radical (unpaired) electrons. The molecule has 0 fully saturated rings. The van der Waals surface area contributed by atoms with E-state index in [1.165, 1.54) is 0 Å². The van der Waals surface area contributed by atoms with Crippen molar-refractivity contribution in [1.82, 2.24) is 15.3 Å². The predicted octanol–water partition coefficient (Wildman–Crippen LogP) is 2.80. The molecule has 0 amide bonds. The molecule has 0 aliphatic heterocycles. The number of rotatable bonds is 4. The Labute approximate surface area is 107 Å². The summed E-state index contributed by atoms with van der Waals surface area (Å²) in [6, 6.07) is 4.27. The van der Waals surface area contributed by atoms with Gasteiger partial charge in [-0.3, -0.25) is 4.98 Å². The lowest BCUT2D eigenvalue weighted by Gasteiger charge is -2.13. The average Bonchev–Trinajstić information content (AvgIpc) is 2.82. The highest BCUT2D eigenvalue weighted by molar-refractivity contribution is 9.10. The molecule has 3 nitrogen and oxygen atoms in total. The maximum atomic E-state index is 4.36. The fourth-order valence-corrected chi connectivity index (χ4v) is 2.33. The maximum absolute atomic E-state index is 4.36. The summed E-state index contributed by atoms with van der Waals surface area (Å²) in [4.78, 5) is 8.68. The largest absolute Gasteiger partial charge is 0.311 e. The zero-order valence-electron chi connectivity index (χ0n) is 8.85. The smallest absolute Gasteiger partial charge is 0.0795 e. The highest BCUT2D eigenvalue weighted by atomic mass is 79.9. The highest BCUT2D eigenvalue weighted by Crippen LogP contribution is 2.17. The van der Waals surface area contributed by atoms with Crippen LogP contribution in [-0.4, -0.2) is 17.0 Å². The molecule has 0 saturated carbocycles. The minimum Gasteiger partial charge on any atom is -0.311 e. The number of aromatic nitrogens is 2. The minimum absolute atomic E-state index is 0.236. The Hall–Kier alpha value is -0.780. The molecule has 5 heteroatoms. The van der Waals surface area contributed by atoms with Gasteiger partial charge in [0.25, 0.3) is 0 Å². The van der Waals surface area contributed by atoms with Gasteiger partial charge in [0.15, 0.2) is 0 Å². The van der Waals surface area contributed by atoms with Crippen molar-refractivity contribution in [1.29, 1.82) is 0 Å². The fourth-order valence-electron chi connectivity index (χ4n) is 1.48. The summed E-state index contributed by atoms with van der Waals surface area (Å²) >= 11 is 5.00. The van der Waals surface area contributed by atoms with Crippen molar-refractivity contribution in [2.45, 2.75) is 12.5 Å². The minimum atomic E-state index is 0.236. The molecule has 1 N–H and O–H groups in total. The summed E-state index contributed by atoms with van der Waals surface area (Å²) in [7, 11) is 1.95. The lowest BCUT2D eigenvalue weighted by Crippen LogP contribution is -2.19. The number of halogens is 1. The first kappa shape index (κ1) is 11.7. The van der Waals surface area contributed by atoms with E-state index in [4.69, 9.17) is 0 Å². The Morgan fingerprint density at radius 2 is 2.31 bits per heavy atom. The van der Waals surface area contributed by atoms with E-state index in [1.807, 2.05) is 30.9 Å². The molecular weight excluding hydrogens is 286 g/mol. The van der Waals surface area contributed by atoms with Gasteiger partial charge in [-0.05, 0) is 35.1 Å². The first-order valence-electron chi connectivity index (χ1n) is 4.95. The second-order valence-electron chi connectivity index (χ2n) is 3.43. The van der Waals surface area contributed by atoms with E-state index in [9.17, 15) is 0 Å². The van der Waals surface area contributed by atoms with Gasteiger partial charge in [0.1, 0.15) is 0 Å². The van der Waals surface area contributed by atoms with Gasteiger partial charge in [-0.1, -0.05) is 0 Å². The van der Waals surface area contributed by atoms with Crippen LogP contribution < -0.4 is 5.32 Å². The molecule has 1 atom stereocenters. The third-order valence-corrected chi connectivity index (χ3v) is 3.43. The molecule has 1 unspecified atom stereocenters. The van der Waals surface area contributed by atoms with Crippen molar-refractivity contribution in [3.8, 4) is 0 Å². The van der Waals surface area contributed by atoms with Crippen molar-refractivity contribution in [3.05, 3.63) is 45.1 Å². The summed E-state index contributed by atoms with van der Waals surface area (Å²) in [6.07, 6.45) is 2.68. The number of pyridine rings is 1. The van der Waals surface area contributed by atoms with Crippen LogP contribution in [0.15, 0.2) is 33.7 Å². The monoisotopic (exact) mass is 297 g/mol. The first-order valence-corrected chi connectivity index (χ1v) is 6.69. The molecule has 16 heavy (non-hydrogen) atoms. The van der Waals surface area contributed by atoms with Gasteiger partial charge >= 0.3 is 0 Å². The summed E-state index contributed by atoms with van der Waals surface area (Å²) in [5, 5.41) is 5.33. The van der Waals surface area contributed by atoms with Gasteiger partial charge in [0.05, 0.1) is 17.2 Å². The zero-order chi connectivity index (χ0) is 11.4. The highest BCUT2D eigenvalue weighted by Gasteiger charge is 2.12. The van der Waals surface area contributed by atoms with E-state index in [0.717, 1.165) is 22.3 Å². The van der Waals surface area contributed by atoms with Gasteiger partial charge in [0, 0.05) is 28.2 Å². The summed E-state index contributed by atoms with van der Waals surface area (Å²) in [6.45, 7) is 0. The van der Waals surface area contributed by atoms with Gasteiger partial charge in [0.2, 0.25) is 0 Å². The van der Waals surface area contributed by atoms with Crippen LogP contribution in [0.5, 0.6) is 0 Å². The summed E-state index contributed by atoms with van der Waals surface area (Å²) < 4.78 is 1.01. The van der Waals surface area contributed by atoms with Crippen LogP contribution in [0.1, 0.15) is 17.4 Å². The number of nitrogens with one attached hydrogen (secondary N) is 1. The number of hydrogen-bond donors (Lipinski definition) is 1. The quantitative estimate of drug-likeness (QED) is 0.943. The number of likely N-dealkylation sites (N-methyl/N-ethyl adjacent to an activating group) is 1. The van der Waals surface area contributed by atoms with E-state index < -0.39 is 0 Å². The lowest BCUT2D eigenvalue weighted by molar-refractivity contribution is 0.572. The molecule has 2 heterocycles. The standard InChI is InChI=1S/C11H12BrN3S/c1-13-10(11-6-16-7-15-11)4-9-3-2-8(12)5-14-9/h2-3,5-7,10,13H,4H2,1H3. The van der Waals surface area contributed by atoms with Gasteiger partial charge in [-0.25, -0.2) is 4.98 Å². The number of hydrogen-bond acceptors (Lipinski definition) is 4. The van der Waals surface area contributed by atoms with Gasteiger partial charge < -0.3 is 5.32 Å². The third-order valence-electron chi connectivity index (χ3n) is 2.36. The molecule has 2 rings (SSSR count). The van der Waals surface area contributed by atoms with Crippen molar-refractivity contribution in [3.63, 3.8) is 0 Å². The van der Waals surface area contributed by atoms with Gasteiger partial charge in [-0.2, -0.15) is 0 Å². The Kier molecular flexibility index (Phi) is 4.04. The average molecular weight is 298 g/mol. The Bertz CT molecular complexity index is 427. The van der Waals surface area contributed by atoms with Crippen LogP contribution in [-0.2, 0) is 6.42 Å². The van der Waals surface area contributed by atoms with Crippen LogP contribution in [0.2, 0.25) is 0 Å². The Morgan fingerprint density at radius 3 is 2.88 bits per heavy atom. The Morgan fingerprint density at radius 1 is 1.44 bits per heavy atom. The SMILES string of the molecule is CNC(Cc1ccc(Br)cn1)c1cscn1. The van der Waals surface area contributed by atoms with Crippen molar-refractivity contribution < 1.29 is 0 Å². The topological polar surface area (TPSA) is 37.8 Å². The van der Waals surface area contributed by atoms with E-state index in [0.29, 0.717) is 0 Å². The lowest BCUT2D eigenvalue weighted by atomic mass is 10.1. The normalized spacial score (nSPS) is 12.6. The van der Waals surface area contributed by atoms with E-state index in [1.54, 1.807) is 11.3 Å². The first-order chi connectivity index (χ1) is 7.79. The molecular formula is C11H12BrN3S. The molecule has 0 aromatic carbocycles. The van der Waals surface area contributed by atoms with Crippen LogP contribution >= 0.6 is 27.3 Å². The molecule has 0 aliphatic carbocycles. The molecule has 2 aromatic rings. The summed E-state index contributed by atoms with van der Waals surface area (Å²) in [5.41, 5.74) is 4.00. The second-order valence-corrected chi connectivity index (χ2v) is 5.06. The van der Waals surface area contributed by atoms with Crippen LogP contribution in [0.25, 0.3) is 0 Å². The van der Waals surface area contributed by atoms with Crippen LogP contribution in [0.4, 0.5) is 0 Å². The third kappa shape index (κ3) is 2.87. The van der Waals surface area contributed by atoms with E-state index in [2.05, 4.69) is 36.6 Å². The van der Waals surface area contributed by atoms with Crippen molar-refractivity contribution in [2.24, 2.45) is 0 Å². The van der Waals surface area contributed by atoms with Crippen molar-refractivity contribution in [2.75, 3.05) is 7.05 Å². The number of thiazole rings is 1. The second kappa shape index (κ2) is 5.52. The molecule has 0 aliphatic rings. The molecule has 0 spiro atoms. The van der Waals surface area contributed by atoms with Gasteiger partial charge in [-0.15, -0.1) is 11.3 Å². The van der Waals surface area contributed by atoms with E-state index >= 15 is 0 Å². The number of nitrogens with zero attached hydrogens (tertiary/aromatic N) is 2. The molecule has 84 valence electrons. The summed E-state index contributed by atoms with van der Waals surface area (Å²) in [5.74, 6) is 0. The van der Waals surface area contributed by atoms with E-state index in [-0.39, 0.29) is 6.04 Å².